The molecule has 0 aromatic carbocycles. The van der Waals surface area contributed by atoms with Gasteiger partial charge in [0.05, 0.1) is 0 Å². The van der Waals surface area contributed by atoms with Crippen LogP contribution in [0, 0.1) is 0 Å². The number of aromatic nitrogens is 2. The van der Waals surface area contributed by atoms with Crippen molar-refractivity contribution in [2.75, 3.05) is 0 Å². The second kappa shape index (κ2) is 1.82. The molecule has 2 nitrogen and oxygen atoms in total. The molecule has 0 unspecified atom stereocenters. The lowest BCUT2D eigenvalue weighted by atomic mass is 10.6. The Morgan fingerprint density at radius 3 is 2.75 bits per heavy atom. The largest absolute Gasteiger partial charge is 0.246 e. The minimum atomic E-state index is 0.940. The van der Waals surface area contributed by atoms with Crippen molar-refractivity contribution in [3.05, 3.63) is 25.0 Å². The summed E-state index contributed by atoms with van der Waals surface area (Å²) in [7, 11) is 0. The maximum Gasteiger partial charge on any atom is 0.0493 e. The molecule has 0 atom stereocenters. The Morgan fingerprint density at radius 2 is 2.50 bits per heavy atom. The average molecular weight is 108 g/mol. The third-order valence-corrected chi connectivity index (χ3v) is 0.896. The molecule has 1 heterocycles. The van der Waals surface area contributed by atoms with Crippen molar-refractivity contribution >= 4 is 5.70 Å². The Bertz CT molecular complexity index is 174. The number of hydrogen-bond acceptors (Lipinski definition) is 1. The van der Waals surface area contributed by atoms with Gasteiger partial charge in [0.1, 0.15) is 0 Å². The highest BCUT2D eigenvalue weighted by atomic mass is 15.3. The zero-order valence-electron chi connectivity index (χ0n) is 4.83. The van der Waals surface area contributed by atoms with Crippen LogP contribution in [-0.2, 0) is 0 Å². The molecule has 0 fully saturated rings. The standard InChI is InChI=1S/C6H8N2/c1-6(2)8-5-3-4-7-8/h3-5H,1H2,2H3. The van der Waals surface area contributed by atoms with Crippen LogP contribution < -0.4 is 0 Å². The van der Waals surface area contributed by atoms with E-state index in [1.54, 1.807) is 10.9 Å². The van der Waals surface area contributed by atoms with Gasteiger partial charge in [0.2, 0.25) is 0 Å². The van der Waals surface area contributed by atoms with Gasteiger partial charge in [-0.25, -0.2) is 4.68 Å². The maximum absolute atomic E-state index is 3.93. The Labute approximate surface area is 48.4 Å². The normalized spacial score (nSPS) is 9.12. The summed E-state index contributed by atoms with van der Waals surface area (Å²) >= 11 is 0. The minimum Gasteiger partial charge on any atom is -0.246 e. The van der Waals surface area contributed by atoms with Crippen LogP contribution in [0.4, 0.5) is 0 Å². The highest BCUT2D eigenvalue weighted by molar-refractivity contribution is 5.35. The van der Waals surface area contributed by atoms with E-state index in [1.165, 1.54) is 0 Å². The molecule has 0 radical (unpaired) electrons. The van der Waals surface area contributed by atoms with Gasteiger partial charge in [0.25, 0.3) is 0 Å². The number of allylic oxidation sites excluding steroid dienone is 1. The Morgan fingerprint density at radius 1 is 1.75 bits per heavy atom. The van der Waals surface area contributed by atoms with Crippen molar-refractivity contribution in [3.63, 3.8) is 0 Å². The molecule has 8 heavy (non-hydrogen) atoms. The SMILES string of the molecule is C=C(C)n1cccn1. The maximum atomic E-state index is 3.93. The third kappa shape index (κ3) is 0.780. The van der Waals surface area contributed by atoms with Crippen LogP contribution in [0.2, 0.25) is 0 Å². The molecule has 2 heteroatoms. The van der Waals surface area contributed by atoms with Crippen LogP contribution >= 0.6 is 0 Å². The zero-order valence-corrected chi connectivity index (χ0v) is 4.83. The minimum absolute atomic E-state index is 0.940. The number of rotatable bonds is 1. The summed E-state index contributed by atoms with van der Waals surface area (Å²) in [6, 6.07) is 1.87. The van der Waals surface area contributed by atoms with Gasteiger partial charge in [-0.05, 0) is 13.0 Å². The first-order valence-corrected chi connectivity index (χ1v) is 2.46. The Hall–Kier alpha value is -1.05. The highest BCUT2D eigenvalue weighted by Crippen LogP contribution is 1.93. The lowest BCUT2D eigenvalue weighted by molar-refractivity contribution is 0.898. The van der Waals surface area contributed by atoms with E-state index in [0.29, 0.717) is 0 Å². The molecule has 1 aromatic rings. The van der Waals surface area contributed by atoms with Crippen molar-refractivity contribution in [3.8, 4) is 0 Å². The monoisotopic (exact) mass is 108 g/mol. The van der Waals surface area contributed by atoms with E-state index in [4.69, 9.17) is 0 Å². The molecule has 0 saturated carbocycles. The lowest BCUT2D eigenvalue weighted by Crippen LogP contribution is -1.89. The fourth-order valence-corrected chi connectivity index (χ4v) is 0.495. The number of hydrogen-bond donors (Lipinski definition) is 0. The molecule has 42 valence electrons. The second-order valence-electron chi connectivity index (χ2n) is 1.69. The van der Waals surface area contributed by atoms with E-state index in [-0.39, 0.29) is 0 Å². The van der Waals surface area contributed by atoms with Crippen molar-refractivity contribution in [2.24, 2.45) is 0 Å². The summed E-state index contributed by atoms with van der Waals surface area (Å²) in [4.78, 5) is 0. The summed E-state index contributed by atoms with van der Waals surface area (Å²) in [6.07, 6.45) is 3.59. The van der Waals surface area contributed by atoms with Crippen LogP contribution in [-0.4, -0.2) is 9.78 Å². The number of nitrogens with zero attached hydrogens (tertiary/aromatic N) is 2. The summed E-state index contributed by atoms with van der Waals surface area (Å²) in [6.45, 7) is 5.61. The van der Waals surface area contributed by atoms with Crippen LogP contribution in [0.5, 0.6) is 0 Å². The smallest absolute Gasteiger partial charge is 0.0493 e. The van der Waals surface area contributed by atoms with Crippen LogP contribution in [0.15, 0.2) is 25.0 Å². The van der Waals surface area contributed by atoms with Gasteiger partial charge < -0.3 is 0 Å². The van der Waals surface area contributed by atoms with Gasteiger partial charge in [-0.15, -0.1) is 0 Å². The quantitative estimate of drug-likeness (QED) is 0.531. The Kier molecular flexibility index (Phi) is 1.16. The molecule has 0 saturated heterocycles. The molecule has 0 aliphatic rings. The van der Waals surface area contributed by atoms with E-state index in [1.807, 2.05) is 19.2 Å². The van der Waals surface area contributed by atoms with Gasteiger partial charge in [-0.2, -0.15) is 5.10 Å². The molecule has 0 amide bonds. The Balaban J connectivity index is 2.93. The van der Waals surface area contributed by atoms with E-state index in [2.05, 4.69) is 11.7 Å². The third-order valence-electron chi connectivity index (χ3n) is 0.896. The summed E-state index contributed by atoms with van der Waals surface area (Å²) in [5, 5.41) is 3.93. The first kappa shape index (κ1) is 5.09. The van der Waals surface area contributed by atoms with Crippen LogP contribution in [0.25, 0.3) is 5.70 Å². The molecular weight excluding hydrogens is 100 g/mol. The zero-order chi connectivity index (χ0) is 5.98. The summed E-state index contributed by atoms with van der Waals surface area (Å²) in [5.41, 5.74) is 0.940. The van der Waals surface area contributed by atoms with Gasteiger partial charge in [-0.3, -0.25) is 0 Å². The molecule has 0 aliphatic heterocycles. The summed E-state index contributed by atoms with van der Waals surface area (Å²) in [5.74, 6) is 0. The van der Waals surface area contributed by atoms with E-state index < -0.39 is 0 Å². The van der Waals surface area contributed by atoms with Gasteiger partial charge in [0, 0.05) is 18.1 Å². The molecule has 1 aromatic heterocycles. The molecule has 0 spiro atoms. The van der Waals surface area contributed by atoms with Crippen LogP contribution in [0.1, 0.15) is 6.92 Å². The van der Waals surface area contributed by atoms with Crippen molar-refractivity contribution < 1.29 is 0 Å². The summed E-state index contributed by atoms with van der Waals surface area (Å²) < 4.78 is 1.72. The fourth-order valence-electron chi connectivity index (χ4n) is 0.495. The van der Waals surface area contributed by atoms with Crippen molar-refractivity contribution in [2.45, 2.75) is 6.92 Å². The van der Waals surface area contributed by atoms with Gasteiger partial charge >= 0.3 is 0 Å². The molecule has 0 aliphatic carbocycles. The van der Waals surface area contributed by atoms with Crippen LogP contribution in [0.3, 0.4) is 0 Å². The van der Waals surface area contributed by atoms with E-state index >= 15 is 0 Å². The van der Waals surface area contributed by atoms with E-state index in [0.717, 1.165) is 5.70 Å². The van der Waals surface area contributed by atoms with Gasteiger partial charge in [0.15, 0.2) is 0 Å². The molecule has 0 N–H and O–H groups in total. The fraction of sp³-hybridized carbons (Fsp3) is 0.167. The van der Waals surface area contributed by atoms with E-state index in [9.17, 15) is 0 Å². The topological polar surface area (TPSA) is 17.8 Å². The highest BCUT2D eigenvalue weighted by Gasteiger charge is 1.84. The first-order valence-electron chi connectivity index (χ1n) is 2.46. The first-order chi connectivity index (χ1) is 3.80. The molecular formula is C6H8N2. The lowest BCUT2D eigenvalue weighted by Gasteiger charge is -1.93. The molecule has 1 rings (SSSR count). The predicted molar refractivity (Wildman–Crippen MR) is 33.2 cm³/mol. The second-order valence-corrected chi connectivity index (χ2v) is 1.69. The van der Waals surface area contributed by atoms with Crippen molar-refractivity contribution in [1.29, 1.82) is 0 Å². The molecule has 0 bridgehead atoms. The predicted octanol–water partition coefficient (Wildman–Crippen LogP) is 1.37. The average Bonchev–Trinajstić information content (AvgIpc) is 2.12. The van der Waals surface area contributed by atoms with Crippen molar-refractivity contribution in [1.82, 2.24) is 9.78 Å². The van der Waals surface area contributed by atoms with Gasteiger partial charge in [-0.1, -0.05) is 6.58 Å².